The molecule has 3 N–H and O–H groups in total. The SMILES string of the molecule is C[C@H](Cc1ccccc1)NC(=O)c1ccccc1NC(=O)[C@H](C)O/N=C/c1ccccc1O. The number of hydrogen-bond acceptors (Lipinski definition) is 5. The number of amides is 2. The summed E-state index contributed by atoms with van der Waals surface area (Å²) in [5.41, 5.74) is 2.33. The Hall–Kier alpha value is -4.13. The number of carbonyl (C=O) groups excluding carboxylic acids is 2. The Kier molecular flexibility index (Phi) is 8.18. The van der Waals surface area contributed by atoms with E-state index >= 15 is 0 Å². The van der Waals surface area contributed by atoms with Crippen molar-refractivity contribution in [2.45, 2.75) is 32.4 Å². The van der Waals surface area contributed by atoms with Gasteiger partial charge in [-0.25, -0.2) is 0 Å². The minimum Gasteiger partial charge on any atom is -0.507 e. The van der Waals surface area contributed by atoms with E-state index in [4.69, 9.17) is 4.84 Å². The molecule has 0 aliphatic heterocycles. The molecule has 0 saturated carbocycles. The van der Waals surface area contributed by atoms with Crippen molar-refractivity contribution in [1.29, 1.82) is 0 Å². The molecule has 0 saturated heterocycles. The lowest BCUT2D eigenvalue weighted by Gasteiger charge is -2.17. The molecule has 0 aliphatic rings. The van der Waals surface area contributed by atoms with E-state index in [1.165, 1.54) is 12.3 Å². The third kappa shape index (κ3) is 6.93. The van der Waals surface area contributed by atoms with Crippen LogP contribution in [0.5, 0.6) is 5.75 Å². The predicted molar refractivity (Wildman–Crippen MR) is 128 cm³/mol. The van der Waals surface area contributed by atoms with E-state index in [9.17, 15) is 14.7 Å². The molecule has 0 fully saturated rings. The van der Waals surface area contributed by atoms with Gasteiger partial charge in [0, 0.05) is 11.6 Å². The molecule has 7 nitrogen and oxygen atoms in total. The monoisotopic (exact) mass is 445 g/mol. The van der Waals surface area contributed by atoms with Crippen molar-refractivity contribution >= 4 is 23.7 Å². The maximum Gasteiger partial charge on any atom is 0.268 e. The number of hydrogen-bond donors (Lipinski definition) is 3. The van der Waals surface area contributed by atoms with Crippen molar-refractivity contribution in [3.8, 4) is 5.75 Å². The normalized spacial score (nSPS) is 12.7. The lowest BCUT2D eigenvalue weighted by atomic mass is 10.1. The van der Waals surface area contributed by atoms with Crippen LogP contribution in [0.15, 0.2) is 84.0 Å². The highest BCUT2D eigenvalue weighted by atomic mass is 16.6. The summed E-state index contributed by atoms with van der Waals surface area (Å²) in [6.07, 6.45) is 1.11. The summed E-state index contributed by atoms with van der Waals surface area (Å²) in [5.74, 6) is -0.675. The Balaban J connectivity index is 1.59. The Morgan fingerprint density at radius 3 is 2.39 bits per heavy atom. The molecule has 0 aliphatic carbocycles. The fourth-order valence-electron chi connectivity index (χ4n) is 3.17. The average Bonchev–Trinajstić information content (AvgIpc) is 2.81. The van der Waals surface area contributed by atoms with E-state index in [1.54, 1.807) is 49.4 Å². The van der Waals surface area contributed by atoms with Crippen LogP contribution in [0.4, 0.5) is 5.69 Å². The molecule has 0 radical (unpaired) electrons. The van der Waals surface area contributed by atoms with Crippen LogP contribution in [0.3, 0.4) is 0 Å². The van der Waals surface area contributed by atoms with Crippen LogP contribution in [0, 0.1) is 0 Å². The number of carbonyl (C=O) groups is 2. The first-order valence-corrected chi connectivity index (χ1v) is 10.7. The smallest absolute Gasteiger partial charge is 0.268 e. The molecule has 2 atom stereocenters. The van der Waals surface area contributed by atoms with Crippen molar-refractivity contribution in [1.82, 2.24) is 5.32 Å². The summed E-state index contributed by atoms with van der Waals surface area (Å²) in [7, 11) is 0. The lowest BCUT2D eigenvalue weighted by Crippen LogP contribution is -2.35. The zero-order chi connectivity index (χ0) is 23.6. The number of benzene rings is 3. The Labute approximate surface area is 193 Å². The lowest BCUT2D eigenvalue weighted by molar-refractivity contribution is -0.126. The van der Waals surface area contributed by atoms with Gasteiger partial charge in [-0.05, 0) is 50.1 Å². The van der Waals surface area contributed by atoms with E-state index in [0.29, 0.717) is 23.2 Å². The van der Waals surface area contributed by atoms with Gasteiger partial charge >= 0.3 is 0 Å². The third-order valence-electron chi connectivity index (χ3n) is 4.91. The summed E-state index contributed by atoms with van der Waals surface area (Å²) >= 11 is 0. The van der Waals surface area contributed by atoms with Gasteiger partial charge in [-0.3, -0.25) is 9.59 Å². The van der Waals surface area contributed by atoms with Crippen molar-refractivity contribution in [3.63, 3.8) is 0 Å². The highest BCUT2D eigenvalue weighted by Gasteiger charge is 2.19. The molecule has 170 valence electrons. The van der Waals surface area contributed by atoms with Gasteiger partial charge < -0.3 is 20.6 Å². The summed E-state index contributed by atoms with van der Waals surface area (Å²) in [4.78, 5) is 30.6. The van der Waals surface area contributed by atoms with E-state index in [1.807, 2.05) is 37.3 Å². The minimum absolute atomic E-state index is 0.0587. The number of phenols is 1. The zero-order valence-corrected chi connectivity index (χ0v) is 18.6. The fraction of sp³-hybridized carbons (Fsp3) is 0.192. The van der Waals surface area contributed by atoms with E-state index < -0.39 is 12.0 Å². The number of para-hydroxylation sites is 2. The highest BCUT2D eigenvalue weighted by molar-refractivity contribution is 6.04. The van der Waals surface area contributed by atoms with Gasteiger partial charge in [0.05, 0.1) is 17.5 Å². The molecule has 7 heteroatoms. The van der Waals surface area contributed by atoms with Gasteiger partial charge in [0.1, 0.15) is 5.75 Å². The molecule has 0 aromatic heterocycles. The first-order chi connectivity index (χ1) is 15.9. The van der Waals surface area contributed by atoms with Crippen LogP contribution >= 0.6 is 0 Å². The fourth-order valence-corrected chi connectivity index (χ4v) is 3.17. The van der Waals surface area contributed by atoms with Gasteiger partial charge in [-0.2, -0.15) is 0 Å². The molecule has 33 heavy (non-hydrogen) atoms. The summed E-state index contributed by atoms with van der Waals surface area (Å²) in [6.45, 7) is 3.48. The topological polar surface area (TPSA) is 100 Å². The van der Waals surface area contributed by atoms with Crippen LogP contribution < -0.4 is 10.6 Å². The molecule has 3 aromatic rings. The molecule has 2 amide bonds. The van der Waals surface area contributed by atoms with E-state index in [2.05, 4.69) is 15.8 Å². The summed E-state index contributed by atoms with van der Waals surface area (Å²) in [5, 5.41) is 19.2. The van der Waals surface area contributed by atoms with E-state index in [0.717, 1.165) is 5.56 Å². The van der Waals surface area contributed by atoms with Crippen LogP contribution in [-0.4, -0.2) is 35.3 Å². The second-order valence-electron chi connectivity index (χ2n) is 7.64. The standard InChI is InChI=1S/C26H27N3O4/c1-18(16-20-10-4-3-5-11-20)28-26(32)22-13-7-8-14-23(22)29-25(31)19(2)33-27-17-21-12-6-9-15-24(21)30/h3-15,17-19,30H,16H2,1-2H3,(H,28,32)(H,29,31)/b27-17+/t18-,19+/m1/s1. The number of aromatic hydroxyl groups is 1. The molecule has 0 unspecified atom stereocenters. The van der Waals surface area contributed by atoms with Gasteiger partial charge in [-0.1, -0.05) is 59.8 Å². The summed E-state index contributed by atoms with van der Waals surface area (Å²) in [6, 6.07) is 23.2. The van der Waals surface area contributed by atoms with Crippen LogP contribution in [-0.2, 0) is 16.1 Å². The number of oxime groups is 1. The van der Waals surface area contributed by atoms with E-state index in [-0.39, 0.29) is 17.7 Å². The largest absolute Gasteiger partial charge is 0.507 e. The highest BCUT2D eigenvalue weighted by Crippen LogP contribution is 2.17. The van der Waals surface area contributed by atoms with Gasteiger partial charge in [0.15, 0.2) is 0 Å². The second kappa shape index (κ2) is 11.5. The predicted octanol–water partition coefficient (Wildman–Crippen LogP) is 4.13. The quantitative estimate of drug-likeness (QED) is 0.341. The number of rotatable bonds is 9. The molecular formula is C26H27N3O4. The molecule has 0 bridgehead atoms. The van der Waals surface area contributed by atoms with Crippen LogP contribution in [0.25, 0.3) is 0 Å². The molecule has 0 heterocycles. The number of phenolic OH excluding ortho intramolecular Hbond substituents is 1. The molecule has 0 spiro atoms. The first kappa shape index (κ1) is 23.5. The van der Waals surface area contributed by atoms with Gasteiger partial charge in [-0.15, -0.1) is 0 Å². The number of nitrogens with zero attached hydrogens (tertiary/aromatic N) is 1. The molecular weight excluding hydrogens is 418 g/mol. The van der Waals surface area contributed by atoms with Crippen molar-refractivity contribution in [2.75, 3.05) is 5.32 Å². The molecule has 3 aromatic carbocycles. The third-order valence-corrected chi connectivity index (χ3v) is 4.91. The second-order valence-corrected chi connectivity index (χ2v) is 7.64. The number of nitrogens with one attached hydrogen (secondary N) is 2. The summed E-state index contributed by atoms with van der Waals surface area (Å²) < 4.78 is 0. The maximum absolute atomic E-state index is 12.8. The Bertz CT molecular complexity index is 1120. The Morgan fingerprint density at radius 2 is 1.64 bits per heavy atom. The minimum atomic E-state index is -0.916. The molecule has 3 rings (SSSR count). The Morgan fingerprint density at radius 1 is 0.970 bits per heavy atom. The van der Waals surface area contributed by atoms with Gasteiger partial charge in [0.25, 0.3) is 11.8 Å². The maximum atomic E-state index is 12.8. The van der Waals surface area contributed by atoms with Crippen LogP contribution in [0.1, 0.15) is 35.3 Å². The van der Waals surface area contributed by atoms with Crippen molar-refractivity contribution in [2.24, 2.45) is 5.16 Å². The first-order valence-electron chi connectivity index (χ1n) is 10.7. The van der Waals surface area contributed by atoms with Gasteiger partial charge in [0.2, 0.25) is 6.10 Å². The number of anilines is 1. The van der Waals surface area contributed by atoms with Crippen LogP contribution in [0.2, 0.25) is 0 Å². The van der Waals surface area contributed by atoms with Crippen molar-refractivity contribution in [3.05, 3.63) is 95.6 Å². The average molecular weight is 446 g/mol. The van der Waals surface area contributed by atoms with Crippen molar-refractivity contribution < 1.29 is 19.5 Å². The zero-order valence-electron chi connectivity index (χ0n) is 18.6.